The van der Waals surface area contributed by atoms with Crippen molar-refractivity contribution in [1.82, 2.24) is 24.8 Å². The second-order valence-corrected chi connectivity index (χ2v) is 8.47. The van der Waals surface area contributed by atoms with Gasteiger partial charge >= 0.3 is 0 Å². The fourth-order valence-corrected chi connectivity index (χ4v) is 4.74. The van der Waals surface area contributed by atoms with Crippen molar-refractivity contribution in [2.45, 2.75) is 4.34 Å². The second kappa shape index (κ2) is 7.61. The molecule has 0 bridgehead atoms. The van der Waals surface area contributed by atoms with Gasteiger partial charge in [-0.3, -0.25) is 4.79 Å². The third kappa shape index (κ3) is 3.82. The molecule has 0 fully saturated rings. The van der Waals surface area contributed by atoms with E-state index in [1.54, 1.807) is 22.2 Å². The van der Waals surface area contributed by atoms with Crippen LogP contribution in [0.1, 0.15) is 0 Å². The zero-order chi connectivity index (χ0) is 19.6. The van der Waals surface area contributed by atoms with E-state index in [0.717, 1.165) is 31.5 Å². The lowest BCUT2D eigenvalue weighted by Crippen LogP contribution is -2.13. The van der Waals surface area contributed by atoms with Crippen LogP contribution in [0.25, 0.3) is 27.1 Å². The van der Waals surface area contributed by atoms with Crippen LogP contribution in [-0.4, -0.2) is 36.5 Å². The molecule has 0 spiro atoms. The van der Waals surface area contributed by atoms with E-state index in [9.17, 15) is 4.79 Å². The van der Waals surface area contributed by atoms with Crippen molar-refractivity contribution in [2.75, 3.05) is 11.1 Å². The number of aromatic nitrogens is 5. The number of anilines is 1. The Labute approximate surface area is 173 Å². The predicted molar refractivity (Wildman–Crippen MR) is 115 cm³/mol. The van der Waals surface area contributed by atoms with Crippen LogP contribution in [0.2, 0.25) is 0 Å². The molecular weight excluding hydrogens is 404 g/mol. The highest BCUT2D eigenvalue weighted by molar-refractivity contribution is 8.01. The third-order valence-corrected chi connectivity index (χ3v) is 6.38. The molecule has 0 saturated heterocycles. The zero-order valence-corrected chi connectivity index (χ0v) is 16.7. The van der Waals surface area contributed by atoms with Crippen molar-refractivity contribution < 1.29 is 4.79 Å². The van der Waals surface area contributed by atoms with E-state index >= 15 is 0 Å². The number of rotatable bonds is 5. The van der Waals surface area contributed by atoms with Crippen LogP contribution >= 0.6 is 23.1 Å². The normalized spacial score (nSPS) is 11.2. The first kappa shape index (κ1) is 17.8. The van der Waals surface area contributed by atoms with E-state index in [1.165, 1.54) is 11.8 Å². The molecule has 0 saturated carbocycles. The van der Waals surface area contributed by atoms with Crippen molar-refractivity contribution >= 4 is 50.6 Å². The van der Waals surface area contributed by atoms with Crippen LogP contribution in [0.5, 0.6) is 0 Å². The summed E-state index contributed by atoms with van der Waals surface area (Å²) in [5.74, 6) is 0.225. The lowest BCUT2D eigenvalue weighted by Gasteiger charge is -2.07. The Bertz CT molecular complexity index is 1300. The van der Waals surface area contributed by atoms with Gasteiger partial charge in [0.1, 0.15) is 6.33 Å². The lowest BCUT2D eigenvalue weighted by atomic mass is 10.1. The molecule has 142 valence electrons. The van der Waals surface area contributed by atoms with Gasteiger partial charge in [-0.05, 0) is 36.4 Å². The number of hydrogen-bond acceptors (Lipinski definition) is 7. The van der Waals surface area contributed by atoms with E-state index in [4.69, 9.17) is 0 Å². The van der Waals surface area contributed by atoms with Gasteiger partial charge in [0.15, 0.2) is 9.99 Å². The van der Waals surface area contributed by atoms with Crippen LogP contribution < -0.4 is 5.32 Å². The second-order valence-electron chi connectivity index (χ2n) is 6.22. The summed E-state index contributed by atoms with van der Waals surface area (Å²) in [6.45, 7) is 0. The number of benzene rings is 2. The first-order chi connectivity index (χ1) is 14.2. The topological polar surface area (TPSA) is 85.1 Å². The van der Waals surface area contributed by atoms with Crippen LogP contribution in [0, 0.1) is 0 Å². The maximum atomic E-state index is 12.4. The van der Waals surface area contributed by atoms with E-state index in [-0.39, 0.29) is 5.91 Å². The molecule has 0 aliphatic heterocycles. The Kier molecular flexibility index (Phi) is 4.66. The Morgan fingerprint density at radius 2 is 2.03 bits per heavy atom. The molecule has 0 unspecified atom stereocenters. The quantitative estimate of drug-likeness (QED) is 0.432. The smallest absolute Gasteiger partial charge is 0.234 e. The maximum absolute atomic E-state index is 12.4. The Balaban J connectivity index is 1.27. The lowest BCUT2D eigenvalue weighted by molar-refractivity contribution is -0.113. The number of thioether (sulfide) groups is 1. The summed E-state index contributed by atoms with van der Waals surface area (Å²) in [5.41, 5.74) is 4.05. The number of carbonyl (C=O) groups excluding carboxylic acids is 1. The first-order valence-corrected chi connectivity index (χ1v) is 10.6. The molecule has 3 heterocycles. The maximum Gasteiger partial charge on any atom is 0.234 e. The fourth-order valence-electron chi connectivity index (χ4n) is 2.88. The number of nitrogens with one attached hydrogen (secondary N) is 1. The van der Waals surface area contributed by atoms with Crippen molar-refractivity contribution in [3.8, 4) is 11.3 Å². The van der Waals surface area contributed by atoms with Gasteiger partial charge in [0.2, 0.25) is 5.91 Å². The number of thiazole rings is 1. The number of nitrogens with zero attached hydrogens (tertiary/aromatic N) is 5. The number of fused-ring (bicyclic) bond motifs is 2. The zero-order valence-electron chi connectivity index (χ0n) is 15.0. The van der Waals surface area contributed by atoms with Gasteiger partial charge in [0, 0.05) is 11.3 Å². The standard InChI is InChI=1S/C20H14N6OS2/c27-19(11-28-20-23-16-6-1-2-7-17(16)29-20)22-14-5-3-4-13(10-14)15-8-9-18-24-21-12-26(18)25-15/h1-10,12H,11H2,(H,22,27). The molecule has 5 rings (SSSR count). The average molecular weight is 419 g/mol. The van der Waals surface area contributed by atoms with Gasteiger partial charge < -0.3 is 5.32 Å². The van der Waals surface area contributed by atoms with Gasteiger partial charge in [-0.2, -0.15) is 9.61 Å². The van der Waals surface area contributed by atoms with E-state index in [0.29, 0.717) is 11.4 Å². The van der Waals surface area contributed by atoms with Gasteiger partial charge in [-0.15, -0.1) is 21.5 Å². The summed E-state index contributed by atoms with van der Waals surface area (Å²) in [7, 11) is 0. The van der Waals surface area contributed by atoms with Gasteiger partial charge in [0.25, 0.3) is 0 Å². The Morgan fingerprint density at radius 1 is 1.10 bits per heavy atom. The summed E-state index contributed by atoms with van der Waals surface area (Å²) >= 11 is 3.04. The largest absolute Gasteiger partial charge is 0.325 e. The Hall–Kier alpha value is -3.30. The fraction of sp³-hybridized carbons (Fsp3) is 0.0500. The minimum absolute atomic E-state index is 0.0753. The summed E-state index contributed by atoms with van der Waals surface area (Å²) < 4.78 is 3.64. The highest BCUT2D eigenvalue weighted by Crippen LogP contribution is 2.29. The monoisotopic (exact) mass is 418 g/mol. The molecule has 7 nitrogen and oxygen atoms in total. The molecule has 1 N–H and O–H groups in total. The Morgan fingerprint density at radius 3 is 2.97 bits per heavy atom. The number of carbonyl (C=O) groups is 1. The highest BCUT2D eigenvalue weighted by Gasteiger charge is 2.09. The molecule has 0 atom stereocenters. The van der Waals surface area contributed by atoms with E-state index < -0.39 is 0 Å². The summed E-state index contributed by atoms with van der Waals surface area (Å²) in [6.07, 6.45) is 1.56. The van der Waals surface area contributed by atoms with E-state index in [1.807, 2.05) is 60.7 Å². The van der Waals surface area contributed by atoms with Crippen molar-refractivity contribution in [3.63, 3.8) is 0 Å². The molecule has 1 amide bonds. The summed E-state index contributed by atoms with van der Waals surface area (Å²) in [5, 5.41) is 15.2. The number of hydrogen-bond donors (Lipinski definition) is 1. The van der Waals surface area contributed by atoms with Crippen molar-refractivity contribution in [1.29, 1.82) is 0 Å². The van der Waals surface area contributed by atoms with Crippen molar-refractivity contribution in [3.05, 3.63) is 67.0 Å². The molecule has 0 radical (unpaired) electrons. The predicted octanol–water partition coefficient (Wildman–Crippen LogP) is 4.13. The molecular formula is C20H14N6OS2. The molecule has 9 heteroatoms. The minimum Gasteiger partial charge on any atom is -0.325 e. The van der Waals surface area contributed by atoms with Gasteiger partial charge in [-0.1, -0.05) is 36.0 Å². The third-order valence-electron chi connectivity index (χ3n) is 4.20. The number of amides is 1. The summed E-state index contributed by atoms with van der Waals surface area (Å²) in [6, 6.07) is 19.3. The van der Waals surface area contributed by atoms with Crippen LogP contribution in [0.3, 0.4) is 0 Å². The first-order valence-electron chi connectivity index (χ1n) is 8.80. The molecule has 2 aromatic carbocycles. The summed E-state index contributed by atoms with van der Waals surface area (Å²) in [4.78, 5) is 16.9. The highest BCUT2D eigenvalue weighted by atomic mass is 32.2. The van der Waals surface area contributed by atoms with Gasteiger partial charge in [0.05, 0.1) is 21.7 Å². The van der Waals surface area contributed by atoms with E-state index in [2.05, 4.69) is 25.6 Å². The van der Waals surface area contributed by atoms with Crippen LogP contribution in [0.4, 0.5) is 5.69 Å². The van der Waals surface area contributed by atoms with Crippen molar-refractivity contribution in [2.24, 2.45) is 0 Å². The number of para-hydroxylation sites is 1. The van der Waals surface area contributed by atoms with Crippen LogP contribution in [0.15, 0.2) is 71.3 Å². The molecule has 5 aromatic rings. The molecule has 0 aliphatic carbocycles. The SMILES string of the molecule is O=C(CSc1nc2ccccc2s1)Nc1cccc(-c2ccc3nncn3n2)c1. The van der Waals surface area contributed by atoms with Crippen LogP contribution in [-0.2, 0) is 4.79 Å². The molecule has 0 aliphatic rings. The average Bonchev–Trinajstić information content (AvgIpc) is 3.38. The molecule has 29 heavy (non-hydrogen) atoms. The minimum atomic E-state index is -0.0753. The molecule has 3 aromatic heterocycles. The van der Waals surface area contributed by atoms with Gasteiger partial charge in [-0.25, -0.2) is 4.98 Å².